The third kappa shape index (κ3) is 3.50. The standard InChI is InChI=1S/C19H22N6O2S/c1-15-12-16(2)25(22-15)19-14-20-13-18(21-19)23-8-10-24(11-9-23)28(26,27)17-6-4-3-5-7-17/h3-7,12-14H,8-11H2,1-2H3. The first-order chi connectivity index (χ1) is 13.4. The van der Waals surface area contributed by atoms with Gasteiger partial charge in [-0.1, -0.05) is 18.2 Å². The normalized spacial score (nSPS) is 15.7. The number of anilines is 1. The van der Waals surface area contributed by atoms with Crippen LogP contribution in [0.15, 0.2) is 53.7 Å². The van der Waals surface area contributed by atoms with Crippen LogP contribution in [0, 0.1) is 13.8 Å². The minimum Gasteiger partial charge on any atom is -0.353 e. The molecule has 0 bridgehead atoms. The van der Waals surface area contributed by atoms with Crippen LogP contribution < -0.4 is 4.90 Å². The van der Waals surface area contributed by atoms with Crippen LogP contribution in [0.2, 0.25) is 0 Å². The molecule has 146 valence electrons. The van der Waals surface area contributed by atoms with Crippen LogP contribution in [0.3, 0.4) is 0 Å². The second-order valence-electron chi connectivity index (χ2n) is 6.78. The average molecular weight is 398 g/mol. The zero-order chi connectivity index (χ0) is 19.7. The molecule has 1 aromatic carbocycles. The van der Waals surface area contributed by atoms with Crippen molar-refractivity contribution >= 4 is 15.8 Å². The number of sulfonamides is 1. The quantitative estimate of drug-likeness (QED) is 0.666. The lowest BCUT2D eigenvalue weighted by atomic mass is 10.3. The topological polar surface area (TPSA) is 84.2 Å². The summed E-state index contributed by atoms with van der Waals surface area (Å²) in [5.74, 6) is 1.38. The van der Waals surface area contributed by atoms with E-state index in [1.165, 1.54) is 4.31 Å². The van der Waals surface area contributed by atoms with Gasteiger partial charge in [-0.15, -0.1) is 0 Å². The van der Waals surface area contributed by atoms with Crippen LogP contribution in [-0.4, -0.2) is 58.7 Å². The van der Waals surface area contributed by atoms with E-state index in [4.69, 9.17) is 0 Å². The summed E-state index contributed by atoms with van der Waals surface area (Å²) < 4.78 is 28.8. The van der Waals surface area contributed by atoms with Crippen molar-refractivity contribution in [2.24, 2.45) is 0 Å². The average Bonchev–Trinajstić information content (AvgIpc) is 3.07. The van der Waals surface area contributed by atoms with E-state index in [1.807, 2.05) is 26.0 Å². The van der Waals surface area contributed by atoms with Gasteiger partial charge in [-0.3, -0.25) is 4.98 Å². The Hall–Kier alpha value is -2.78. The monoisotopic (exact) mass is 398 g/mol. The molecule has 0 aliphatic carbocycles. The van der Waals surface area contributed by atoms with Gasteiger partial charge in [0.25, 0.3) is 0 Å². The zero-order valence-corrected chi connectivity index (χ0v) is 16.7. The fraction of sp³-hybridized carbons (Fsp3) is 0.316. The van der Waals surface area contributed by atoms with Crippen LogP contribution >= 0.6 is 0 Å². The fourth-order valence-corrected chi connectivity index (χ4v) is 4.80. The first kappa shape index (κ1) is 18.6. The summed E-state index contributed by atoms with van der Waals surface area (Å²) in [7, 11) is -3.47. The number of hydrogen-bond acceptors (Lipinski definition) is 6. The Balaban J connectivity index is 1.50. The summed E-state index contributed by atoms with van der Waals surface area (Å²) >= 11 is 0. The van der Waals surface area contributed by atoms with Crippen LogP contribution in [0.25, 0.3) is 5.82 Å². The molecule has 28 heavy (non-hydrogen) atoms. The summed E-state index contributed by atoms with van der Waals surface area (Å²) in [6.45, 7) is 5.84. The van der Waals surface area contributed by atoms with Gasteiger partial charge in [-0.2, -0.15) is 9.40 Å². The van der Waals surface area contributed by atoms with Crippen molar-refractivity contribution in [1.82, 2.24) is 24.1 Å². The van der Waals surface area contributed by atoms with Crippen molar-refractivity contribution in [2.75, 3.05) is 31.1 Å². The minimum absolute atomic E-state index is 0.328. The molecule has 0 atom stereocenters. The summed E-state index contributed by atoms with van der Waals surface area (Å²) in [6.07, 6.45) is 3.38. The number of nitrogens with zero attached hydrogens (tertiary/aromatic N) is 6. The van der Waals surface area contributed by atoms with E-state index in [9.17, 15) is 8.42 Å². The molecule has 0 spiro atoms. The number of hydrogen-bond donors (Lipinski definition) is 0. The maximum absolute atomic E-state index is 12.8. The summed E-state index contributed by atoms with van der Waals surface area (Å²) in [5, 5.41) is 4.45. The van der Waals surface area contributed by atoms with E-state index in [0.29, 0.717) is 36.9 Å². The molecule has 3 heterocycles. The third-order valence-corrected chi connectivity index (χ3v) is 6.69. The number of benzene rings is 1. The van der Waals surface area contributed by atoms with Gasteiger partial charge in [0.05, 0.1) is 23.0 Å². The van der Waals surface area contributed by atoms with Crippen LogP contribution in [-0.2, 0) is 10.0 Å². The molecule has 1 aliphatic rings. The lowest BCUT2D eigenvalue weighted by molar-refractivity contribution is 0.383. The van der Waals surface area contributed by atoms with Crippen LogP contribution in [0.4, 0.5) is 5.82 Å². The van der Waals surface area contributed by atoms with E-state index >= 15 is 0 Å². The van der Waals surface area contributed by atoms with Crippen LogP contribution in [0.1, 0.15) is 11.4 Å². The lowest BCUT2D eigenvalue weighted by Crippen LogP contribution is -2.49. The predicted octanol–water partition coefficient (Wildman–Crippen LogP) is 1.79. The van der Waals surface area contributed by atoms with E-state index in [0.717, 1.165) is 17.2 Å². The molecule has 1 fully saturated rings. The molecule has 8 nitrogen and oxygen atoms in total. The van der Waals surface area contributed by atoms with E-state index < -0.39 is 10.0 Å². The molecule has 0 amide bonds. The van der Waals surface area contributed by atoms with Gasteiger partial charge in [0.1, 0.15) is 5.82 Å². The van der Waals surface area contributed by atoms with Crippen molar-refractivity contribution in [3.8, 4) is 5.82 Å². The largest absolute Gasteiger partial charge is 0.353 e. The van der Waals surface area contributed by atoms with Gasteiger partial charge in [0.2, 0.25) is 10.0 Å². The van der Waals surface area contributed by atoms with Crippen molar-refractivity contribution in [3.05, 3.63) is 60.2 Å². The maximum Gasteiger partial charge on any atom is 0.243 e. The van der Waals surface area contributed by atoms with Crippen molar-refractivity contribution in [3.63, 3.8) is 0 Å². The van der Waals surface area contributed by atoms with Crippen molar-refractivity contribution < 1.29 is 8.42 Å². The first-order valence-electron chi connectivity index (χ1n) is 9.11. The Morgan fingerprint density at radius 3 is 2.25 bits per heavy atom. The summed E-state index contributed by atoms with van der Waals surface area (Å²) in [5.41, 5.74) is 1.91. The van der Waals surface area contributed by atoms with Crippen molar-refractivity contribution in [1.29, 1.82) is 0 Å². The fourth-order valence-electron chi connectivity index (χ4n) is 3.36. The van der Waals surface area contributed by atoms with Gasteiger partial charge in [-0.25, -0.2) is 18.1 Å². The molecule has 2 aromatic heterocycles. The molecule has 1 saturated heterocycles. The highest BCUT2D eigenvalue weighted by molar-refractivity contribution is 7.89. The minimum atomic E-state index is -3.47. The molecular weight excluding hydrogens is 376 g/mol. The number of piperazine rings is 1. The number of rotatable bonds is 4. The Bertz CT molecular complexity index is 1070. The van der Waals surface area contributed by atoms with Gasteiger partial charge in [0.15, 0.2) is 5.82 Å². The summed E-state index contributed by atoms with van der Waals surface area (Å²) in [4.78, 5) is 11.4. The molecule has 0 radical (unpaired) electrons. The van der Waals surface area contributed by atoms with E-state index in [-0.39, 0.29) is 0 Å². The highest BCUT2D eigenvalue weighted by Gasteiger charge is 2.29. The Labute approximate surface area is 164 Å². The van der Waals surface area contributed by atoms with Gasteiger partial charge < -0.3 is 4.90 Å². The highest BCUT2D eigenvalue weighted by atomic mass is 32.2. The van der Waals surface area contributed by atoms with E-state index in [2.05, 4.69) is 20.0 Å². The van der Waals surface area contributed by atoms with Gasteiger partial charge in [-0.05, 0) is 32.0 Å². The molecule has 9 heteroatoms. The second-order valence-corrected chi connectivity index (χ2v) is 8.72. The number of aromatic nitrogens is 4. The maximum atomic E-state index is 12.8. The third-order valence-electron chi connectivity index (χ3n) is 4.78. The highest BCUT2D eigenvalue weighted by Crippen LogP contribution is 2.20. The lowest BCUT2D eigenvalue weighted by Gasteiger charge is -2.34. The smallest absolute Gasteiger partial charge is 0.243 e. The second kappa shape index (κ2) is 7.33. The molecule has 0 unspecified atom stereocenters. The SMILES string of the molecule is Cc1cc(C)n(-c2cncc(N3CCN(S(=O)(=O)c4ccccc4)CC3)n2)n1. The molecular formula is C19H22N6O2S. The molecule has 4 rings (SSSR count). The summed E-state index contributed by atoms with van der Waals surface area (Å²) in [6, 6.07) is 10.5. The van der Waals surface area contributed by atoms with Crippen LogP contribution in [0.5, 0.6) is 0 Å². The van der Waals surface area contributed by atoms with Gasteiger partial charge >= 0.3 is 0 Å². The number of aryl methyl sites for hydroxylation is 2. The molecule has 0 saturated carbocycles. The van der Waals surface area contributed by atoms with E-state index in [1.54, 1.807) is 41.3 Å². The Morgan fingerprint density at radius 1 is 0.929 bits per heavy atom. The molecule has 1 aliphatic heterocycles. The molecule has 3 aromatic rings. The Morgan fingerprint density at radius 2 is 1.61 bits per heavy atom. The molecule has 0 N–H and O–H groups in total. The zero-order valence-electron chi connectivity index (χ0n) is 15.9. The predicted molar refractivity (Wildman–Crippen MR) is 106 cm³/mol. The van der Waals surface area contributed by atoms with Crippen molar-refractivity contribution in [2.45, 2.75) is 18.7 Å². The first-order valence-corrected chi connectivity index (χ1v) is 10.5. The van der Waals surface area contributed by atoms with Gasteiger partial charge in [0, 0.05) is 31.9 Å². The Kier molecular flexibility index (Phi) is 4.86.